The van der Waals surface area contributed by atoms with E-state index in [1.807, 2.05) is 22.6 Å². The maximum atomic E-state index is 12.3. The van der Waals surface area contributed by atoms with Gasteiger partial charge in [-0.2, -0.15) is 18.3 Å². The molecule has 1 saturated heterocycles. The Morgan fingerprint density at radius 1 is 1.45 bits per heavy atom. The Balaban J connectivity index is 2.19. The van der Waals surface area contributed by atoms with Gasteiger partial charge in [-0.05, 0) is 22.6 Å². The van der Waals surface area contributed by atoms with E-state index in [4.69, 9.17) is 5.11 Å². The van der Waals surface area contributed by atoms with E-state index < -0.39 is 30.0 Å². The quantitative estimate of drug-likeness (QED) is 0.767. The fraction of sp³-hybridized carbons (Fsp3) is 0.500. The second kappa shape index (κ2) is 4.90. The number of alkyl halides is 3. The molecular weight excluding hydrogens is 394 g/mol. The maximum Gasteiger partial charge on any atom is 0.471 e. The van der Waals surface area contributed by atoms with E-state index in [1.165, 1.54) is 10.9 Å². The molecule has 20 heavy (non-hydrogen) atoms. The van der Waals surface area contributed by atoms with Crippen LogP contribution in [0.25, 0.3) is 0 Å². The third-order valence-electron chi connectivity index (χ3n) is 3.02. The summed E-state index contributed by atoms with van der Waals surface area (Å²) >= 11 is 1.95. The molecule has 10 heteroatoms. The van der Waals surface area contributed by atoms with E-state index in [1.54, 1.807) is 6.20 Å². The Bertz CT molecular complexity index is 551. The molecule has 110 valence electrons. The molecule has 0 spiro atoms. The Morgan fingerprint density at radius 2 is 2.05 bits per heavy atom. The summed E-state index contributed by atoms with van der Waals surface area (Å²) in [5, 5.41) is 12.8. The van der Waals surface area contributed by atoms with E-state index in [9.17, 15) is 22.8 Å². The van der Waals surface area contributed by atoms with Crippen LogP contribution in [-0.2, 0) is 15.1 Å². The molecule has 0 aliphatic carbocycles. The highest BCUT2D eigenvalue weighted by Crippen LogP contribution is 2.35. The normalized spacial score (nSPS) is 17.7. The first-order valence-electron chi connectivity index (χ1n) is 5.43. The second-order valence-corrected chi connectivity index (χ2v) is 5.80. The highest BCUT2D eigenvalue weighted by Gasteiger charge is 2.54. The fourth-order valence-corrected chi connectivity index (χ4v) is 2.55. The van der Waals surface area contributed by atoms with Gasteiger partial charge in [0.25, 0.3) is 0 Å². The van der Waals surface area contributed by atoms with Gasteiger partial charge in [0, 0.05) is 19.3 Å². The summed E-state index contributed by atoms with van der Waals surface area (Å²) in [5.41, 5.74) is -1.11. The summed E-state index contributed by atoms with van der Waals surface area (Å²) in [7, 11) is 0. The van der Waals surface area contributed by atoms with Gasteiger partial charge in [0.05, 0.1) is 16.2 Å². The smallest absolute Gasteiger partial charge is 0.471 e. The summed E-state index contributed by atoms with van der Waals surface area (Å²) in [6.45, 7) is -0.648. The van der Waals surface area contributed by atoms with Gasteiger partial charge >= 0.3 is 18.1 Å². The third kappa shape index (κ3) is 2.74. The van der Waals surface area contributed by atoms with Crippen LogP contribution in [0.2, 0.25) is 0 Å². The van der Waals surface area contributed by atoms with Crippen LogP contribution in [0, 0.1) is 3.57 Å². The van der Waals surface area contributed by atoms with Gasteiger partial charge < -0.3 is 10.0 Å². The fourth-order valence-electron chi connectivity index (χ4n) is 2.17. The number of carboxylic acids is 1. The number of carboxylic acid groups (broad SMARTS) is 1. The number of amides is 1. The average Bonchev–Trinajstić information content (AvgIpc) is 2.67. The highest BCUT2D eigenvalue weighted by molar-refractivity contribution is 14.1. The van der Waals surface area contributed by atoms with Gasteiger partial charge in [-0.15, -0.1) is 0 Å². The van der Waals surface area contributed by atoms with Crippen molar-refractivity contribution >= 4 is 34.5 Å². The molecule has 0 saturated carbocycles. The number of nitrogens with zero attached hydrogens (tertiary/aromatic N) is 3. The zero-order valence-electron chi connectivity index (χ0n) is 9.89. The third-order valence-corrected chi connectivity index (χ3v) is 3.57. The molecule has 1 N–H and O–H groups in total. The van der Waals surface area contributed by atoms with Gasteiger partial charge in [0.1, 0.15) is 5.54 Å². The minimum atomic E-state index is -4.95. The minimum Gasteiger partial charge on any atom is -0.481 e. The van der Waals surface area contributed by atoms with Crippen molar-refractivity contribution in [1.82, 2.24) is 14.7 Å². The van der Waals surface area contributed by atoms with Crippen molar-refractivity contribution in [3.8, 4) is 0 Å². The summed E-state index contributed by atoms with van der Waals surface area (Å²) in [6, 6.07) is 0. The van der Waals surface area contributed by atoms with E-state index in [0.29, 0.717) is 4.90 Å². The van der Waals surface area contributed by atoms with Crippen molar-refractivity contribution in [2.24, 2.45) is 0 Å². The van der Waals surface area contributed by atoms with Crippen LogP contribution in [0.4, 0.5) is 13.2 Å². The maximum absolute atomic E-state index is 12.3. The first kappa shape index (κ1) is 15.1. The Hall–Kier alpha value is -1.33. The zero-order chi connectivity index (χ0) is 15.1. The Morgan fingerprint density at radius 3 is 2.45 bits per heavy atom. The first-order chi connectivity index (χ1) is 9.14. The molecule has 6 nitrogen and oxygen atoms in total. The van der Waals surface area contributed by atoms with Crippen molar-refractivity contribution in [2.75, 3.05) is 13.1 Å². The molecule has 0 bridgehead atoms. The predicted molar refractivity (Wildman–Crippen MR) is 67.8 cm³/mol. The lowest BCUT2D eigenvalue weighted by Gasteiger charge is -2.49. The van der Waals surface area contributed by atoms with Crippen LogP contribution in [0.5, 0.6) is 0 Å². The second-order valence-electron chi connectivity index (χ2n) is 4.56. The molecule has 0 atom stereocenters. The van der Waals surface area contributed by atoms with Crippen molar-refractivity contribution in [1.29, 1.82) is 0 Å². The molecule has 0 radical (unpaired) electrons. The number of likely N-dealkylation sites (tertiary alicyclic amines) is 1. The summed E-state index contributed by atoms with van der Waals surface area (Å²) in [4.78, 5) is 22.6. The average molecular weight is 403 g/mol. The van der Waals surface area contributed by atoms with Gasteiger partial charge in [0.2, 0.25) is 0 Å². The number of aromatic nitrogens is 2. The van der Waals surface area contributed by atoms with Gasteiger partial charge in [0.15, 0.2) is 0 Å². The number of carbonyl (C=O) groups excluding carboxylic acids is 1. The largest absolute Gasteiger partial charge is 0.481 e. The van der Waals surface area contributed by atoms with Crippen molar-refractivity contribution in [2.45, 2.75) is 18.1 Å². The number of halogens is 4. The molecule has 1 aromatic rings. The van der Waals surface area contributed by atoms with Crippen molar-refractivity contribution in [3.05, 3.63) is 16.0 Å². The van der Waals surface area contributed by atoms with E-state index in [0.717, 1.165) is 3.57 Å². The predicted octanol–water partition coefficient (Wildman–Crippen LogP) is 1.06. The molecule has 0 unspecified atom stereocenters. The summed E-state index contributed by atoms with van der Waals surface area (Å²) < 4.78 is 39.0. The molecule has 0 aromatic carbocycles. The van der Waals surface area contributed by atoms with Gasteiger partial charge in [-0.25, -0.2) is 0 Å². The zero-order valence-corrected chi connectivity index (χ0v) is 12.1. The summed E-state index contributed by atoms with van der Waals surface area (Å²) in [5.74, 6) is -3.12. The van der Waals surface area contributed by atoms with Crippen molar-refractivity contribution in [3.63, 3.8) is 0 Å². The van der Waals surface area contributed by atoms with Crippen LogP contribution >= 0.6 is 22.6 Å². The number of aliphatic carboxylic acids is 1. The van der Waals surface area contributed by atoms with Crippen LogP contribution < -0.4 is 0 Å². The van der Waals surface area contributed by atoms with Crippen LogP contribution in [0.3, 0.4) is 0 Å². The van der Waals surface area contributed by atoms with Crippen LogP contribution in [0.1, 0.15) is 6.42 Å². The van der Waals surface area contributed by atoms with Crippen LogP contribution in [0.15, 0.2) is 12.4 Å². The number of carbonyl (C=O) groups is 2. The summed E-state index contributed by atoms with van der Waals surface area (Å²) in [6.07, 6.45) is -2.34. The van der Waals surface area contributed by atoms with Crippen molar-refractivity contribution < 1.29 is 27.9 Å². The monoisotopic (exact) mass is 403 g/mol. The number of hydrogen-bond acceptors (Lipinski definition) is 3. The Labute approximate surface area is 124 Å². The highest BCUT2D eigenvalue weighted by atomic mass is 127. The molecule has 2 heterocycles. The van der Waals surface area contributed by atoms with E-state index in [-0.39, 0.29) is 13.1 Å². The Kier molecular flexibility index (Phi) is 3.69. The molecule has 2 rings (SSSR count). The molecule has 1 amide bonds. The lowest BCUT2D eigenvalue weighted by Crippen LogP contribution is -2.67. The van der Waals surface area contributed by atoms with Crippen LogP contribution in [-0.4, -0.2) is 50.9 Å². The lowest BCUT2D eigenvalue weighted by atomic mass is 9.86. The molecule has 1 aromatic heterocycles. The molecule has 1 fully saturated rings. The number of hydrogen-bond donors (Lipinski definition) is 1. The first-order valence-corrected chi connectivity index (χ1v) is 6.50. The number of rotatable bonds is 3. The van der Waals surface area contributed by atoms with E-state index in [2.05, 4.69) is 5.10 Å². The van der Waals surface area contributed by atoms with Gasteiger partial charge in [-0.1, -0.05) is 0 Å². The standard InChI is InChI=1S/C10H9F3IN3O3/c11-10(12,13)8(20)16-4-9(5-16,1-7(18)19)17-3-6(14)2-15-17/h2-3H,1,4-5H2,(H,18,19). The topological polar surface area (TPSA) is 75.4 Å². The minimum absolute atomic E-state index is 0.324. The molecule has 1 aliphatic rings. The lowest BCUT2D eigenvalue weighted by molar-refractivity contribution is -0.196. The molecular formula is C10H9F3IN3O3. The van der Waals surface area contributed by atoms with Gasteiger partial charge in [-0.3, -0.25) is 14.3 Å². The van der Waals surface area contributed by atoms with E-state index >= 15 is 0 Å². The molecule has 1 aliphatic heterocycles. The SMILES string of the molecule is O=C(O)CC1(n2cc(I)cn2)CN(C(=O)C(F)(F)F)C1.